The van der Waals surface area contributed by atoms with E-state index in [2.05, 4.69) is 16.0 Å². The average Bonchev–Trinajstić information content (AvgIpc) is 2.62. The van der Waals surface area contributed by atoms with Gasteiger partial charge in [-0.05, 0) is 73.9 Å². The summed E-state index contributed by atoms with van der Waals surface area (Å²) in [5.41, 5.74) is 3.17. The van der Waals surface area contributed by atoms with E-state index in [9.17, 15) is 9.59 Å². The molecule has 8 heteroatoms. The second kappa shape index (κ2) is 10.8. The Labute approximate surface area is 181 Å². The van der Waals surface area contributed by atoms with Crippen LogP contribution in [-0.2, 0) is 9.59 Å². The van der Waals surface area contributed by atoms with Crippen LogP contribution in [0.1, 0.15) is 30.9 Å². The summed E-state index contributed by atoms with van der Waals surface area (Å²) >= 11 is 11.3. The number of carbonyl (C=O) groups is 2. The molecule has 0 aliphatic carbocycles. The van der Waals surface area contributed by atoms with Crippen LogP contribution in [0.2, 0.25) is 5.02 Å². The molecule has 3 N–H and O–H groups in total. The molecule has 0 heterocycles. The van der Waals surface area contributed by atoms with E-state index in [1.807, 2.05) is 39.0 Å². The molecule has 0 saturated carbocycles. The van der Waals surface area contributed by atoms with Crippen molar-refractivity contribution < 1.29 is 14.3 Å². The first kappa shape index (κ1) is 22.6. The Kier molecular flexibility index (Phi) is 8.42. The van der Waals surface area contributed by atoms with Crippen LogP contribution in [0.15, 0.2) is 36.4 Å². The molecule has 0 aliphatic rings. The van der Waals surface area contributed by atoms with Crippen LogP contribution < -0.4 is 20.7 Å². The number of aryl methyl sites for hydroxylation is 2. The zero-order chi connectivity index (χ0) is 21.4. The molecule has 0 aliphatic heterocycles. The molecular weight excluding hydrogens is 410 g/mol. The number of anilines is 2. The predicted molar refractivity (Wildman–Crippen MR) is 121 cm³/mol. The van der Waals surface area contributed by atoms with E-state index in [0.29, 0.717) is 28.6 Å². The number of benzene rings is 2. The van der Waals surface area contributed by atoms with Crippen molar-refractivity contribution in [3.63, 3.8) is 0 Å². The van der Waals surface area contributed by atoms with Crippen molar-refractivity contribution in [2.24, 2.45) is 0 Å². The third kappa shape index (κ3) is 7.71. The van der Waals surface area contributed by atoms with Crippen LogP contribution in [0.25, 0.3) is 0 Å². The number of nitrogens with one attached hydrogen (secondary N) is 3. The van der Waals surface area contributed by atoms with E-state index in [1.165, 1.54) is 0 Å². The number of rotatable bonds is 7. The number of ether oxygens (including phenoxy) is 1. The summed E-state index contributed by atoms with van der Waals surface area (Å²) in [6.07, 6.45) is 1.19. The van der Waals surface area contributed by atoms with Gasteiger partial charge in [0.1, 0.15) is 5.75 Å². The Morgan fingerprint density at radius 1 is 1.03 bits per heavy atom. The molecular formula is C21H24ClN3O3S. The summed E-state index contributed by atoms with van der Waals surface area (Å²) in [6.45, 7) is 5.67. The highest BCUT2D eigenvalue weighted by Crippen LogP contribution is 2.25. The molecule has 2 aromatic rings. The Balaban J connectivity index is 1.90. The monoisotopic (exact) mass is 433 g/mol. The maximum absolute atomic E-state index is 12.1. The van der Waals surface area contributed by atoms with Gasteiger partial charge in [0.2, 0.25) is 5.91 Å². The minimum atomic E-state index is -0.398. The Morgan fingerprint density at radius 3 is 2.38 bits per heavy atom. The minimum absolute atomic E-state index is 0.0814. The van der Waals surface area contributed by atoms with Crippen molar-refractivity contribution in [2.75, 3.05) is 17.2 Å². The summed E-state index contributed by atoms with van der Waals surface area (Å²) in [6, 6.07) is 10.7. The molecule has 0 aromatic heterocycles. The fourth-order valence-electron chi connectivity index (χ4n) is 2.63. The van der Waals surface area contributed by atoms with Gasteiger partial charge in [0, 0.05) is 12.1 Å². The summed E-state index contributed by atoms with van der Waals surface area (Å²) in [4.78, 5) is 23.8. The van der Waals surface area contributed by atoms with Crippen molar-refractivity contribution in [3.8, 4) is 5.75 Å². The third-order valence-electron chi connectivity index (χ3n) is 3.79. The fraction of sp³-hybridized carbons (Fsp3) is 0.286. The SMILES string of the molecule is CCCC(=O)Nc1ccc(Cl)c(NC(=S)NC(=O)COc2cc(C)cc(C)c2)c1. The number of halogens is 1. The third-order valence-corrected chi connectivity index (χ3v) is 4.33. The van der Waals surface area contributed by atoms with Crippen molar-refractivity contribution in [3.05, 3.63) is 52.5 Å². The first-order chi connectivity index (χ1) is 13.8. The molecule has 6 nitrogen and oxygen atoms in total. The van der Waals surface area contributed by atoms with E-state index in [4.69, 9.17) is 28.6 Å². The summed E-state index contributed by atoms with van der Waals surface area (Å²) in [5, 5.41) is 8.68. The average molecular weight is 434 g/mol. The molecule has 0 saturated heterocycles. The highest BCUT2D eigenvalue weighted by atomic mass is 35.5. The molecule has 0 radical (unpaired) electrons. The van der Waals surface area contributed by atoms with Gasteiger partial charge < -0.3 is 15.4 Å². The number of thiocarbonyl (C=S) groups is 1. The number of hydrogen-bond donors (Lipinski definition) is 3. The molecule has 2 amide bonds. The van der Waals surface area contributed by atoms with E-state index in [-0.39, 0.29) is 17.6 Å². The van der Waals surface area contributed by atoms with Crippen LogP contribution in [0, 0.1) is 13.8 Å². The second-order valence-electron chi connectivity index (χ2n) is 6.61. The molecule has 0 fully saturated rings. The van der Waals surface area contributed by atoms with Gasteiger partial charge in [0.05, 0.1) is 10.7 Å². The quantitative estimate of drug-likeness (QED) is 0.556. The predicted octanol–water partition coefficient (Wildman–Crippen LogP) is 4.59. The van der Waals surface area contributed by atoms with Gasteiger partial charge >= 0.3 is 0 Å². The van der Waals surface area contributed by atoms with E-state index in [0.717, 1.165) is 17.5 Å². The molecule has 0 unspecified atom stereocenters. The lowest BCUT2D eigenvalue weighted by molar-refractivity contribution is -0.121. The zero-order valence-corrected chi connectivity index (χ0v) is 18.2. The van der Waals surface area contributed by atoms with Crippen molar-refractivity contribution >= 4 is 52.1 Å². The Bertz CT molecular complexity index is 898. The van der Waals surface area contributed by atoms with Crippen molar-refractivity contribution in [2.45, 2.75) is 33.6 Å². The van der Waals surface area contributed by atoms with E-state index >= 15 is 0 Å². The molecule has 154 valence electrons. The van der Waals surface area contributed by atoms with Gasteiger partial charge in [-0.1, -0.05) is 24.6 Å². The molecule has 2 rings (SSSR count). The van der Waals surface area contributed by atoms with Gasteiger partial charge in [-0.3, -0.25) is 14.9 Å². The number of carbonyl (C=O) groups excluding carboxylic acids is 2. The molecule has 0 atom stereocenters. The van der Waals surface area contributed by atoms with Crippen LogP contribution >= 0.6 is 23.8 Å². The lowest BCUT2D eigenvalue weighted by atomic mass is 10.1. The lowest BCUT2D eigenvalue weighted by Gasteiger charge is -2.13. The van der Waals surface area contributed by atoms with Crippen LogP contribution in [0.4, 0.5) is 11.4 Å². The summed E-state index contributed by atoms with van der Waals surface area (Å²) in [7, 11) is 0. The van der Waals surface area contributed by atoms with Crippen LogP contribution in [-0.4, -0.2) is 23.5 Å². The van der Waals surface area contributed by atoms with Gasteiger partial charge in [0.15, 0.2) is 11.7 Å². The normalized spacial score (nSPS) is 10.2. The number of hydrogen-bond acceptors (Lipinski definition) is 4. The van der Waals surface area contributed by atoms with Gasteiger partial charge in [-0.15, -0.1) is 0 Å². The first-order valence-corrected chi connectivity index (χ1v) is 9.96. The van der Waals surface area contributed by atoms with Crippen LogP contribution in [0.3, 0.4) is 0 Å². The van der Waals surface area contributed by atoms with E-state index in [1.54, 1.807) is 18.2 Å². The summed E-state index contributed by atoms with van der Waals surface area (Å²) < 4.78 is 5.52. The Morgan fingerprint density at radius 2 is 1.72 bits per heavy atom. The van der Waals surface area contributed by atoms with Gasteiger partial charge in [-0.2, -0.15) is 0 Å². The standard InChI is InChI=1S/C21H24ClN3O3S/c1-4-5-19(26)23-15-6-7-17(22)18(11-15)24-21(29)25-20(27)12-28-16-9-13(2)8-14(3)10-16/h6-11H,4-5,12H2,1-3H3,(H,23,26)(H2,24,25,27,29). The minimum Gasteiger partial charge on any atom is -0.484 e. The Hall–Kier alpha value is -2.64. The fourth-order valence-corrected chi connectivity index (χ4v) is 3.02. The van der Waals surface area contributed by atoms with Crippen molar-refractivity contribution in [1.29, 1.82) is 0 Å². The molecule has 0 bridgehead atoms. The molecule has 29 heavy (non-hydrogen) atoms. The second-order valence-corrected chi connectivity index (χ2v) is 7.42. The van der Waals surface area contributed by atoms with Gasteiger partial charge in [0.25, 0.3) is 5.91 Å². The molecule has 0 spiro atoms. The maximum atomic E-state index is 12.1. The highest BCUT2D eigenvalue weighted by molar-refractivity contribution is 7.80. The number of amides is 2. The zero-order valence-electron chi connectivity index (χ0n) is 16.6. The largest absolute Gasteiger partial charge is 0.484 e. The summed E-state index contributed by atoms with van der Waals surface area (Å²) in [5.74, 6) is 0.139. The smallest absolute Gasteiger partial charge is 0.264 e. The molecule has 2 aromatic carbocycles. The highest BCUT2D eigenvalue weighted by Gasteiger charge is 2.10. The maximum Gasteiger partial charge on any atom is 0.264 e. The van der Waals surface area contributed by atoms with Gasteiger partial charge in [-0.25, -0.2) is 0 Å². The lowest BCUT2D eigenvalue weighted by Crippen LogP contribution is -2.37. The van der Waals surface area contributed by atoms with Crippen molar-refractivity contribution in [1.82, 2.24) is 5.32 Å². The topological polar surface area (TPSA) is 79.5 Å². The first-order valence-electron chi connectivity index (χ1n) is 9.18. The van der Waals surface area contributed by atoms with Crippen LogP contribution in [0.5, 0.6) is 5.75 Å². The van der Waals surface area contributed by atoms with E-state index < -0.39 is 5.91 Å².